The van der Waals surface area contributed by atoms with E-state index in [1.54, 1.807) is 12.1 Å². The second kappa shape index (κ2) is 11.8. The van der Waals surface area contributed by atoms with E-state index >= 15 is 0 Å². The van der Waals surface area contributed by atoms with Crippen LogP contribution >= 0.6 is 43.6 Å². The molecule has 0 aliphatic heterocycles. The lowest BCUT2D eigenvalue weighted by molar-refractivity contribution is 0.266. The van der Waals surface area contributed by atoms with Crippen molar-refractivity contribution in [3.63, 3.8) is 0 Å². The fourth-order valence-corrected chi connectivity index (χ4v) is 5.87. The number of benzene rings is 3. The third kappa shape index (κ3) is 6.62. The standard InChI is InChI=1S/C29H23Br2NO4S/c30-24-6-8-26-20(14-24)12-22(28(33)35-26)16-32(10-11-37-18-19-4-2-1-3-5-19)17-23-13-21-15-25(31)7-9-27(21)36-29(23)34/h1-9,12-15H,10-11,16-18H2. The van der Waals surface area contributed by atoms with Gasteiger partial charge in [-0.05, 0) is 54.1 Å². The minimum absolute atomic E-state index is 0.354. The Balaban J connectivity index is 1.40. The van der Waals surface area contributed by atoms with Crippen molar-refractivity contribution in [2.45, 2.75) is 18.8 Å². The molecule has 37 heavy (non-hydrogen) atoms. The molecule has 0 amide bonds. The van der Waals surface area contributed by atoms with E-state index in [1.807, 2.05) is 66.4 Å². The highest BCUT2D eigenvalue weighted by molar-refractivity contribution is 9.10. The van der Waals surface area contributed by atoms with Crippen molar-refractivity contribution >= 4 is 65.6 Å². The molecule has 3 aromatic carbocycles. The maximum Gasteiger partial charge on any atom is 0.340 e. The average molecular weight is 641 g/mol. The van der Waals surface area contributed by atoms with Gasteiger partial charge in [0.1, 0.15) is 11.2 Å². The zero-order chi connectivity index (χ0) is 25.8. The van der Waals surface area contributed by atoms with Gasteiger partial charge >= 0.3 is 11.3 Å². The summed E-state index contributed by atoms with van der Waals surface area (Å²) in [6, 6.07) is 25.2. The molecule has 2 heterocycles. The molecule has 0 aliphatic rings. The zero-order valence-electron chi connectivity index (χ0n) is 19.8. The van der Waals surface area contributed by atoms with E-state index < -0.39 is 0 Å². The van der Waals surface area contributed by atoms with Crippen molar-refractivity contribution in [2.75, 3.05) is 12.3 Å². The lowest BCUT2D eigenvalue weighted by Crippen LogP contribution is -2.30. The van der Waals surface area contributed by atoms with E-state index in [0.29, 0.717) is 41.9 Å². The summed E-state index contributed by atoms with van der Waals surface area (Å²) in [5.41, 5.74) is 2.71. The summed E-state index contributed by atoms with van der Waals surface area (Å²) in [5.74, 6) is 1.73. The van der Waals surface area contributed by atoms with E-state index in [4.69, 9.17) is 8.83 Å². The Kier molecular flexibility index (Phi) is 8.30. The van der Waals surface area contributed by atoms with E-state index in [9.17, 15) is 9.59 Å². The van der Waals surface area contributed by atoms with Gasteiger partial charge in [-0.15, -0.1) is 0 Å². The SMILES string of the molecule is O=c1oc2ccc(Br)cc2cc1CN(CCSCc1ccccc1)Cc1cc2cc(Br)ccc2oc1=O. The van der Waals surface area contributed by atoms with Gasteiger partial charge in [0.05, 0.1) is 11.1 Å². The van der Waals surface area contributed by atoms with Crippen LogP contribution in [0.15, 0.2) is 106 Å². The minimum atomic E-state index is -0.369. The molecule has 0 fully saturated rings. The molecule has 5 rings (SSSR count). The molecule has 0 radical (unpaired) electrons. The van der Waals surface area contributed by atoms with Gasteiger partial charge in [-0.2, -0.15) is 11.8 Å². The third-order valence-corrected chi connectivity index (χ3v) is 7.98. The van der Waals surface area contributed by atoms with Crippen LogP contribution in [-0.2, 0) is 18.8 Å². The van der Waals surface area contributed by atoms with Crippen molar-refractivity contribution in [2.24, 2.45) is 0 Å². The Morgan fingerprint density at radius 1 is 0.703 bits per heavy atom. The third-order valence-electron chi connectivity index (χ3n) is 5.98. The first-order valence-electron chi connectivity index (χ1n) is 11.7. The van der Waals surface area contributed by atoms with Crippen LogP contribution in [0, 0.1) is 0 Å². The summed E-state index contributed by atoms with van der Waals surface area (Å²) in [5, 5.41) is 1.69. The second-order valence-electron chi connectivity index (χ2n) is 8.73. The number of hydrogen-bond acceptors (Lipinski definition) is 6. The van der Waals surface area contributed by atoms with Gasteiger partial charge in [0.25, 0.3) is 0 Å². The van der Waals surface area contributed by atoms with Gasteiger partial charge in [-0.3, -0.25) is 4.90 Å². The van der Waals surface area contributed by atoms with E-state index in [0.717, 1.165) is 31.2 Å². The monoisotopic (exact) mass is 639 g/mol. The number of nitrogens with zero attached hydrogens (tertiary/aromatic N) is 1. The average Bonchev–Trinajstić information content (AvgIpc) is 2.88. The Bertz CT molecular complexity index is 1570. The number of thioether (sulfide) groups is 1. The van der Waals surface area contributed by atoms with Crippen LogP contribution in [0.1, 0.15) is 16.7 Å². The largest absolute Gasteiger partial charge is 0.422 e. The van der Waals surface area contributed by atoms with E-state index in [2.05, 4.69) is 48.9 Å². The van der Waals surface area contributed by atoms with E-state index in [1.165, 1.54) is 5.56 Å². The molecule has 0 saturated heterocycles. The minimum Gasteiger partial charge on any atom is -0.422 e. The molecule has 0 atom stereocenters. The Morgan fingerprint density at radius 2 is 1.24 bits per heavy atom. The van der Waals surface area contributed by atoms with Gasteiger partial charge in [0.15, 0.2) is 0 Å². The van der Waals surface area contributed by atoms with Gasteiger partial charge < -0.3 is 8.83 Å². The lowest BCUT2D eigenvalue weighted by atomic mass is 10.1. The summed E-state index contributed by atoms with van der Waals surface area (Å²) in [6.45, 7) is 1.39. The maximum atomic E-state index is 12.8. The predicted molar refractivity (Wildman–Crippen MR) is 157 cm³/mol. The summed E-state index contributed by atoms with van der Waals surface area (Å²) in [4.78, 5) is 27.7. The fourth-order valence-electron chi connectivity index (χ4n) is 4.15. The molecule has 8 heteroatoms. The van der Waals surface area contributed by atoms with Crippen molar-refractivity contribution < 1.29 is 8.83 Å². The van der Waals surface area contributed by atoms with Crippen LogP contribution in [0.5, 0.6) is 0 Å². The molecule has 0 saturated carbocycles. The Hall–Kier alpha value is -2.65. The van der Waals surface area contributed by atoms with Crippen LogP contribution in [0.3, 0.4) is 0 Å². The van der Waals surface area contributed by atoms with Crippen molar-refractivity contribution in [3.05, 3.63) is 125 Å². The predicted octanol–water partition coefficient (Wildman–Crippen LogP) is 7.36. The topological polar surface area (TPSA) is 63.7 Å². The highest BCUT2D eigenvalue weighted by Gasteiger charge is 2.15. The maximum absolute atomic E-state index is 12.8. The Labute approximate surface area is 234 Å². The number of hydrogen-bond donors (Lipinski definition) is 0. The molecule has 5 aromatic rings. The molecule has 0 spiro atoms. The van der Waals surface area contributed by atoms with Gasteiger partial charge in [-0.25, -0.2) is 9.59 Å². The summed E-state index contributed by atoms with van der Waals surface area (Å²) < 4.78 is 13.0. The van der Waals surface area contributed by atoms with Crippen molar-refractivity contribution in [1.29, 1.82) is 0 Å². The van der Waals surface area contributed by atoms with Crippen molar-refractivity contribution in [3.8, 4) is 0 Å². The molecule has 188 valence electrons. The van der Waals surface area contributed by atoms with Crippen LogP contribution in [0.25, 0.3) is 21.9 Å². The molecular weight excluding hydrogens is 618 g/mol. The van der Waals surface area contributed by atoms with Crippen LogP contribution in [0.2, 0.25) is 0 Å². The van der Waals surface area contributed by atoms with Gasteiger partial charge in [-0.1, -0.05) is 62.2 Å². The smallest absolute Gasteiger partial charge is 0.340 e. The molecular formula is C29H23Br2NO4S. The molecule has 5 nitrogen and oxygen atoms in total. The summed E-state index contributed by atoms with van der Waals surface area (Å²) in [7, 11) is 0. The van der Waals surface area contributed by atoms with Crippen LogP contribution < -0.4 is 11.3 Å². The first-order valence-corrected chi connectivity index (χ1v) is 14.5. The van der Waals surface area contributed by atoms with E-state index in [-0.39, 0.29) is 11.3 Å². The van der Waals surface area contributed by atoms with Gasteiger partial charge in [0, 0.05) is 50.9 Å². The first-order chi connectivity index (χ1) is 17.9. The fraction of sp³-hybridized carbons (Fsp3) is 0.172. The molecule has 0 unspecified atom stereocenters. The summed E-state index contributed by atoms with van der Waals surface area (Å²) >= 11 is 8.78. The van der Waals surface area contributed by atoms with Crippen LogP contribution in [0.4, 0.5) is 0 Å². The summed E-state index contributed by atoms with van der Waals surface area (Å²) in [6.07, 6.45) is 0. The molecule has 0 aliphatic carbocycles. The zero-order valence-corrected chi connectivity index (χ0v) is 23.8. The van der Waals surface area contributed by atoms with Gasteiger partial charge in [0.2, 0.25) is 0 Å². The lowest BCUT2D eigenvalue weighted by Gasteiger charge is -2.21. The number of rotatable bonds is 9. The second-order valence-corrected chi connectivity index (χ2v) is 11.7. The number of halogens is 2. The molecule has 0 N–H and O–H groups in total. The molecule has 0 bridgehead atoms. The normalized spacial score (nSPS) is 11.5. The van der Waals surface area contributed by atoms with Crippen molar-refractivity contribution in [1.82, 2.24) is 4.90 Å². The molecule has 2 aromatic heterocycles. The highest BCUT2D eigenvalue weighted by atomic mass is 79.9. The number of fused-ring (bicyclic) bond motifs is 2. The first kappa shape index (κ1) is 26.0. The quantitative estimate of drug-likeness (QED) is 0.124. The van der Waals surface area contributed by atoms with Crippen LogP contribution in [-0.4, -0.2) is 17.2 Å². The Morgan fingerprint density at radius 3 is 1.78 bits per heavy atom. The highest BCUT2D eigenvalue weighted by Crippen LogP contribution is 2.22.